The number of hydrogen-bond acceptors (Lipinski definition) is 3. The molecule has 2 aromatic rings. The molecule has 0 bridgehead atoms. The number of nitrogens with zero attached hydrogens (tertiary/aromatic N) is 4. The highest BCUT2D eigenvalue weighted by Gasteiger charge is 2.15. The Kier molecular flexibility index (Phi) is 3.59. The first-order chi connectivity index (χ1) is 9.02. The number of halogens is 2. The normalized spacial score (nSPS) is 11.0. The molecule has 2 aromatic heterocycles. The highest BCUT2D eigenvalue weighted by molar-refractivity contribution is 6.03. The molecule has 0 saturated carbocycles. The van der Waals surface area contributed by atoms with Crippen LogP contribution >= 0.6 is 0 Å². The molecule has 19 heavy (non-hydrogen) atoms. The average molecular weight is 269 g/mol. The van der Waals surface area contributed by atoms with Crippen LogP contribution in [0.2, 0.25) is 0 Å². The summed E-state index contributed by atoms with van der Waals surface area (Å²) >= 11 is 0. The Bertz CT molecular complexity index is 590. The van der Waals surface area contributed by atoms with Crippen LogP contribution in [0.4, 0.5) is 14.5 Å². The minimum atomic E-state index is -2.76. The van der Waals surface area contributed by atoms with Crippen LogP contribution in [0.25, 0.3) is 0 Å². The van der Waals surface area contributed by atoms with E-state index in [-0.39, 0.29) is 5.69 Å². The van der Waals surface area contributed by atoms with Crippen LogP contribution < -0.4 is 5.32 Å². The summed E-state index contributed by atoms with van der Waals surface area (Å²) in [5.41, 5.74) is 1.27. The lowest BCUT2D eigenvalue weighted by atomic mass is 10.3. The summed E-state index contributed by atoms with van der Waals surface area (Å²) in [5.74, 6) is -0.543. The standard InChI is InChI=1S/C11H13F2N5O/c1-3-17-7(2)9(6-14-17)15-10(19)8-4-5-18(16-8)11(12)13/h4-6,11H,3H2,1-2H3,(H,15,19). The number of amides is 1. The van der Waals surface area contributed by atoms with Gasteiger partial charge in [-0.05, 0) is 19.9 Å². The van der Waals surface area contributed by atoms with Crippen LogP contribution in [0.15, 0.2) is 18.5 Å². The van der Waals surface area contributed by atoms with E-state index in [1.807, 2.05) is 13.8 Å². The predicted molar refractivity (Wildman–Crippen MR) is 64.1 cm³/mol. The molecule has 2 rings (SSSR count). The van der Waals surface area contributed by atoms with Gasteiger partial charge in [0.15, 0.2) is 5.69 Å². The first kappa shape index (κ1) is 13.2. The molecule has 2 heterocycles. The summed E-state index contributed by atoms with van der Waals surface area (Å²) in [7, 11) is 0. The van der Waals surface area contributed by atoms with Gasteiger partial charge in [-0.15, -0.1) is 0 Å². The van der Waals surface area contributed by atoms with E-state index >= 15 is 0 Å². The minimum Gasteiger partial charge on any atom is -0.318 e. The van der Waals surface area contributed by atoms with E-state index < -0.39 is 12.5 Å². The van der Waals surface area contributed by atoms with Crippen LogP contribution in [-0.4, -0.2) is 25.5 Å². The van der Waals surface area contributed by atoms with E-state index in [9.17, 15) is 13.6 Å². The summed E-state index contributed by atoms with van der Waals surface area (Å²) in [5, 5.41) is 10.2. The van der Waals surface area contributed by atoms with Crippen LogP contribution in [0.3, 0.4) is 0 Å². The van der Waals surface area contributed by atoms with Crippen molar-refractivity contribution in [3.63, 3.8) is 0 Å². The number of rotatable bonds is 4. The number of hydrogen-bond donors (Lipinski definition) is 1. The fourth-order valence-electron chi connectivity index (χ4n) is 1.64. The number of anilines is 1. The second-order valence-electron chi connectivity index (χ2n) is 3.87. The molecular formula is C11H13F2N5O. The molecule has 1 N–H and O–H groups in total. The van der Waals surface area contributed by atoms with Crippen LogP contribution in [0.5, 0.6) is 0 Å². The SMILES string of the molecule is CCn1ncc(NC(=O)c2ccn(C(F)F)n2)c1C. The molecule has 0 radical (unpaired) electrons. The molecule has 0 aliphatic carbocycles. The van der Waals surface area contributed by atoms with Gasteiger partial charge in [0.05, 0.1) is 17.6 Å². The lowest BCUT2D eigenvalue weighted by Gasteiger charge is -2.03. The quantitative estimate of drug-likeness (QED) is 0.923. The number of aryl methyl sites for hydroxylation is 1. The first-order valence-corrected chi connectivity index (χ1v) is 5.70. The summed E-state index contributed by atoms with van der Waals surface area (Å²) in [6.45, 7) is 1.66. The van der Waals surface area contributed by atoms with Gasteiger partial charge in [-0.3, -0.25) is 9.48 Å². The lowest BCUT2D eigenvalue weighted by Crippen LogP contribution is -2.14. The summed E-state index contributed by atoms with van der Waals surface area (Å²) in [6.07, 6.45) is 2.57. The molecule has 0 aliphatic heterocycles. The third-order valence-electron chi connectivity index (χ3n) is 2.69. The van der Waals surface area contributed by atoms with Crippen molar-refractivity contribution in [1.82, 2.24) is 19.6 Å². The highest BCUT2D eigenvalue weighted by atomic mass is 19.3. The smallest absolute Gasteiger partial charge is 0.318 e. The number of aromatic nitrogens is 4. The fraction of sp³-hybridized carbons (Fsp3) is 0.364. The van der Waals surface area contributed by atoms with Crippen LogP contribution in [-0.2, 0) is 6.54 Å². The maximum Gasteiger partial charge on any atom is 0.333 e. The molecule has 0 spiro atoms. The van der Waals surface area contributed by atoms with E-state index in [0.29, 0.717) is 16.9 Å². The molecule has 1 amide bonds. The topological polar surface area (TPSA) is 64.7 Å². The zero-order chi connectivity index (χ0) is 14.0. The molecule has 102 valence electrons. The third kappa shape index (κ3) is 2.61. The lowest BCUT2D eigenvalue weighted by molar-refractivity contribution is 0.0561. The van der Waals surface area contributed by atoms with Gasteiger partial charge in [0.25, 0.3) is 5.91 Å². The van der Waals surface area contributed by atoms with Gasteiger partial charge in [-0.2, -0.15) is 19.0 Å². The largest absolute Gasteiger partial charge is 0.333 e. The Morgan fingerprint density at radius 2 is 2.26 bits per heavy atom. The van der Waals surface area contributed by atoms with Crippen molar-refractivity contribution in [3.8, 4) is 0 Å². The molecular weight excluding hydrogens is 256 g/mol. The van der Waals surface area contributed by atoms with Crippen molar-refractivity contribution in [2.24, 2.45) is 0 Å². The van der Waals surface area contributed by atoms with Gasteiger partial charge in [-0.1, -0.05) is 0 Å². The molecule has 0 unspecified atom stereocenters. The Morgan fingerprint density at radius 1 is 1.53 bits per heavy atom. The van der Waals surface area contributed by atoms with Crippen LogP contribution in [0, 0.1) is 6.92 Å². The summed E-state index contributed by atoms with van der Waals surface area (Å²) in [4.78, 5) is 11.8. The van der Waals surface area contributed by atoms with Crippen molar-refractivity contribution in [2.45, 2.75) is 26.9 Å². The first-order valence-electron chi connectivity index (χ1n) is 5.70. The third-order valence-corrected chi connectivity index (χ3v) is 2.69. The van der Waals surface area contributed by atoms with Crippen molar-refractivity contribution in [1.29, 1.82) is 0 Å². The second-order valence-corrected chi connectivity index (χ2v) is 3.87. The molecule has 0 fully saturated rings. The molecule has 6 nitrogen and oxygen atoms in total. The van der Waals surface area contributed by atoms with Crippen molar-refractivity contribution in [2.75, 3.05) is 5.32 Å². The van der Waals surface area contributed by atoms with E-state index in [1.54, 1.807) is 4.68 Å². The second kappa shape index (κ2) is 5.17. The molecule has 0 saturated heterocycles. The fourth-order valence-corrected chi connectivity index (χ4v) is 1.64. The number of carbonyl (C=O) groups excluding carboxylic acids is 1. The number of carbonyl (C=O) groups is 1. The van der Waals surface area contributed by atoms with E-state index in [4.69, 9.17) is 0 Å². The highest BCUT2D eigenvalue weighted by Crippen LogP contribution is 2.15. The van der Waals surface area contributed by atoms with Gasteiger partial charge in [0.2, 0.25) is 0 Å². The summed E-state index contributed by atoms with van der Waals surface area (Å²) < 4.78 is 26.8. The molecule has 0 aliphatic rings. The van der Waals surface area contributed by atoms with Gasteiger partial charge in [0.1, 0.15) is 0 Å². The molecule has 8 heteroatoms. The van der Waals surface area contributed by atoms with Gasteiger partial charge in [0, 0.05) is 12.7 Å². The van der Waals surface area contributed by atoms with Crippen molar-refractivity contribution in [3.05, 3.63) is 29.8 Å². The van der Waals surface area contributed by atoms with E-state index in [1.165, 1.54) is 12.3 Å². The zero-order valence-electron chi connectivity index (χ0n) is 10.5. The van der Waals surface area contributed by atoms with Crippen molar-refractivity contribution < 1.29 is 13.6 Å². The number of nitrogens with one attached hydrogen (secondary N) is 1. The molecule has 0 atom stereocenters. The number of alkyl halides is 2. The Labute approximate surface area is 108 Å². The zero-order valence-corrected chi connectivity index (χ0v) is 10.5. The maximum absolute atomic E-state index is 12.3. The average Bonchev–Trinajstić information content (AvgIpc) is 2.97. The van der Waals surface area contributed by atoms with Crippen molar-refractivity contribution >= 4 is 11.6 Å². The van der Waals surface area contributed by atoms with Gasteiger partial charge >= 0.3 is 6.55 Å². The Hall–Kier alpha value is -2.25. The van der Waals surface area contributed by atoms with Gasteiger partial charge in [-0.25, -0.2) is 4.68 Å². The van der Waals surface area contributed by atoms with E-state index in [0.717, 1.165) is 11.9 Å². The molecule has 0 aromatic carbocycles. The maximum atomic E-state index is 12.3. The minimum absolute atomic E-state index is 0.0658. The van der Waals surface area contributed by atoms with Gasteiger partial charge < -0.3 is 5.32 Å². The monoisotopic (exact) mass is 269 g/mol. The Morgan fingerprint density at radius 3 is 2.79 bits per heavy atom. The summed E-state index contributed by atoms with van der Waals surface area (Å²) in [6, 6.07) is 1.24. The predicted octanol–water partition coefficient (Wildman–Crippen LogP) is 2.06. The van der Waals surface area contributed by atoms with E-state index in [2.05, 4.69) is 15.5 Å². The van der Waals surface area contributed by atoms with Crippen LogP contribution in [0.1, 0.15) is 29.7 Å². The Balaban J connectivity index is 2.13.